The zero-order chi connectivity index (χ0) is 7.94. The maximum Gasteiger partial charge on any atom is 0.0195 e. The number of nitrogens with one attached hydrogen (secondary N) is 2. The highest BCUT2D eigenvalue weighted by Crippen LogP contribution is 2.00. The molecule has 0 radical (unpaired) electrons. The molecule has 0 aromatic carbocycles. The monoisotopic (exact) mass is 154 g/mol. The van der Waals surface area contributed by atoms with Crippen molar-refractivity contribution in [2.24, 2.45) is 0 Å². The molecule has 1 aliphatic heterocycles. The van der Waals surface area contributed by atoms with Gasteiger partial charge in [-0.2, -0.15) is 0 Å². The summed E-state index contributed by atoms with van der Waals surface area (Å²) in [5.41, 5.74) is 0. The summed E-state index contributed by atoms with van der Waals surface area (Å²) < 4.78 is 0. The number of hydrogen-bond acceptors (Lipinski definition) is 2. The fourth-order valence-corrected chi connectivity index (χ4v) is 1.38. The van der Waals surface area contributed by atoms with E-state index >= 15 is 0 Å². The third kappa shape index (κ3) is 3.54. The van der Waals surface area contributed by atoms with Crippen molar-refractivity contribution in [2.75, 3.05) is 19.6 Å². The van der Waals surface area contributed by atoms with Gasteiger partial charge in [0.25, 0.3) is 0 Å². The van der Waals surface area contributed by atoms with Crippen LogP contribution in [-0.2, 0) is 0 Å². The van der Waals surface area contributed by atoms with Crippen molar-refractivity contribution >= 4 is 0 Å². The first-order valence-electron chi connectivity index (χ1n) is 4.48. The summed E-state index contributed by atoms with van der Waals surface area (Å²) in [6.45, 7) is 5.41. The molecule has 0 bridgehead atoms. The first-order valence-corrected chi connectivity index (χ1v) is 4.48. The smallest absolute Gasteiger partial charge is 0.0195 e. The van der Waals surface area contributed by atoms with E-state index in [2.05, 4.69) is 29.7 Å². The Morgan fingerprint density at radius 3 is 3.18 bits per heavy atom. The van der Waals surface area contributed by atoms with Gasteiger partial charge < -0.3 is 10.6 Å². The minimum absolute atomic E-state index is 0.694. The summed E-state index contributed by atoms with van der Waals surface area (Å²) in [5, 5.41) is 6.85. The van der Waals surface area contributed by atoms with E-state index in [1.807, 2.05) is 0 Å². The lowest BCUT2D eigenvalue weighted by molar-refractivity contribution is 0.402. The molecule has 0 aromatic heterocycles. The lowest BCUT2D eigenvalue weighted by Gasteiger charge is -2.23. The molecule has 0 aliphatic carbocycles. The summed E-state index contributed by atoms with van der Waals surface area (Å²) in [7, 11) is 0. The molecule has 1 fully saturated rings. The Hall–Kier alpha value is -0.340. The van der Waals surface area contributed by atoms with E-state index in [0.717, 1.165) is 13.1 Å². The summed E-state index contributed by atoms with van der Waals surface area (Å²) in [6, 6.07) is 0.694. The average molecular weight is 154 g/mol. The number of rotatable bonds is 3. The number of hydrogen-bond donors (Lipinski definition) is 2. The molecule has 0 saturated carbocycles. The zero-order valence-electron chi connectivity index (χ0n) is 7.27. The molecule has 0 amide bonds. The van der Waals surface area contributed by atoms with Crippen molar-refractivity contribution in [1.82, 2.24) is 10.6 Å². The first-order chi connectivity index (χ1) is 5.43. The lowest BCUT2D eigenvalue weighted by Crippen LogP contribution is -2.43. The second kappa shape index (κ2) is 5.33. The molecule has 2 N–H and O–H groups in total. The van der Waals surface area contributed by atoms with Crippen molar-refractivity contribution in [1.29, 1.82) is 0 Å². The molecule has 0 spiro atoms. The second-order valence-electron chi connectivity index (χ2n) is 3.02. The van der Waals surface area contributed by atoms with Crippen LogP contribution in [0.3, 0.4) is 0 Å². The van der Waals surface area contributed by atoms with Gasteiger partial charge in [0.15, 0.2) is 0 Å². The van der Waals surface area contributed by atoms with Gasteiger partial charge in [0, 0.05) is 19.1 Å². The largest absolute Gasteiger partial charge is 0.315 e. The fraction of sp³-hybridized carbons (Fsp3) is 0.778. The topological polar surface area (TPSA) is 24.1 Å². The predicted molar refractivity (Wildman–Crippen MR) is 48.7 cm³/mol. The van der Waals surface area contributed by atoms with Crippen molar-refractivity contribution in [3.63, 3.8) is 0 Å². The lowest BCUT2D eigenvalue weighted by atomic mass is 10.1. The second-order valence-corrected chi connectivity index (χ2v) is 3.02. The highest BCUT2D eigenvalue weighted by molar-refractivity contribution is 4.83. The van der Waals surface area contributed by atoms with Gasteiger partial charge in [0.2, 0.25) is 0 Å². The molecular weight excluding hydrogens is 136 g/mol. The summed E-state index contributed by atoms with van der Waals surface area (Å²) >= 11 is 0. The van der Waals surface area contributed by atoms with Gasteiger partial charge in [0.1, 0.15) is 0 Å². The highest BCUT2D eigenvalue weighted by atomic mass is 15.0. The molecule has 11 heavy (non-hydrogen) atoms. The van der Waals surface area contributed by atoms with E-state index < -0.39 is 0 Å². The summed E-state index contributed by atoms with van der Waals surface area (Å²) in [4.78, 5) is 0. The Labute approximate surface area is 69.1 Å². The molecular formula is C9H18N2. The van der Waals surface area contributed by atoms with Crippen LogP contribution in [0.2, 0.25) is 0 Å². The van der Waals surface area contributed by atoms with Crippen LogP contribution in [0.5, 0.6) is 0 Å². The van der Waals surface area contributed by atoms with Crippen LogP contribution in [-0.4, -0.2) is 25.7 Å². The van der Waals surface area contributed by atoms with Gasteiger partial charge in [0.05, 0.1) is 0 Å². The van der Waals surface area contributed by atoms with Crippen LogP contribution in [0.15, 0.2) is 12.2 Å². The maximum absolute atomic E-state index is 3.47. The molecule has 1 rings (SSSR count). The van der Waals surface area contributed by atoms with E-state index in [1.54, 1.807) is 0 Å². The van der Waals surface area contributed by atoms with Crippen LogP contribution in [0.25, 0.3) is 0 Å². The average Bonchev–Trinajstić information content (AvgIpc) is 2.07. The standard InChI is InChI=1S/C9H18N2/c1-2-3-7-11-9-5-4-6-10-8-9/h2-3,9-11H,4-8H2,1H3/b3-2+. The van der Waals surface area contributed by atoms with Gasteiger partial charge in [-0.05, 0) is 26.3 Å². The van der Waals surface area contributed by atoms with Crippen molar-refractivity contribution < 1.29 is 0 Å². The van der Waals surface area contributed by atoms with Gasteiger partial charge in [-0.3, -0.25) is 0 Å². The Morgan fingerprint density at radius 1 is 1.64 bits per heavy atom. The van der Waals surface area contributed by atoms with Crippen molar-refractivity contribution in [3.8, 4) is 0 Å². The molecule has 1 saturated heterocycles. The van der Waals surface area contributed by atoms with Crippen LogP contribution >= 0.6 is 0 Å². The minimum atomic E-state index is 0.694. The highest BCUT2D eigenvalue weighted by Gasteiger charge is 2.09. The van der Waals surface area contributed by atoms with E-state index in [1.165, 1.54) is 19.4 Å². The van der Waals surface area contributed by atoms with Crippen LogP contribution in [0, 0.1) is 0 Å². The quantitative estimate of drug-likeness (QED) is 0.590. The first kappa shape index (κ1) is 8.75. The van der Waals surface area contributed by atoms with E-state index in [-0.39, 0.29) is 0 Å². The van der Waals surface area contributed by atoms with Crippen LogP contribution in [0.1, 0.15) is 19.8 Å². The Balaban J connectivity index is 2.04. The molecule has 1 heterocycles. The van der Waals surface area contributed by atoms with Gasteiger partial charge in [-0.1, -0.05) is 12.2 Å². The molecule has 2 nitrogen and oxygen atoms in total. The van der Waals surface area contributed by atoms with Gasteiger partial charge in [-0.25, -0.2) is 0 Å². The molecule has 1 unspecified atom stereocenters. The third-order valence-corrected chi connectivity index (χ3v) is 2.06. The zero-order valence-corrected chi connectivity index (χ0v) is 7.27. The predicted octanol–water partition coefficient (Wildman–Crippen LogP) is 0.904. The third-order valence-electron chi connectivity index (χ3n) is 2.06. The van der Waals surface area contributed by atoms with E-state index in [4.69, 9.17) is 0 Å². The molecule has 1 aliphatic rings. The Bertz CT molecular complexity index is 115. The number of piperidine rings is 1. The SMILES string of the molecule is C/C=C/CNC1CCCNC1. The molecule has 1 atom stereocenters. The Morgan fingerprint density at radius 2 is 2.55 bits per heavy atom. The molecule has 2 heteroatoms. The molecule has 64 valence electrons. The maximum atomic E-state index is 3.47. The van der Waals surface area contributed by atoms with E-state index in [9.17, 15) is 0 Å². The van der Waals surface area contributed by atoms with Crippen molar-refractivity contribution in [2.45, 2.75) is 25.8 Å². The van der Waals surface area contributed by atoms with Crippen LogP contribution < -0.4 is 10.6 Å². The number of allylic oxidation sites excluding steroid dienone is 1. The van der Waals surface area contributed by atoms with Gasteiger partial charge >= 0.3 is 0 Å². The molecule has 0 aromatic rings. The minimum Gasteiger partial charge on any atom is -0.315 e. The normalized spacial score (nSPS) is 26.1. The van der Waals surface area contributed by atoms with Crippen molar-refractivity contribution in [3.05, 3.63) is 12.2 Å². The van der Waals surface area contributed by atoms with Crippen LogP contribution in [0.4, 0.5) is 0 Å². The Kier molecular flexibility index (Phi) is 4.24. The fourth-order valence-electron chi connectivity index (χ4n) is 1.38. The summed E-state index contributed by atoms with van der Waals surface area (Å²) in [5.74, 6) is 0. The van der Waals surface area contributed by atoms with Gasteiger partial charge in [-0.15, -0.1) is 0 Å². The summed E-state index contributed by atoms with van der Waals surface area (Å²) in [6.07, 6.45) is 6.88. The van der Waals surface area contributed by atoms with E-state index in [0.29, 0.717) is 6.04 Å².